The number of amides is 1. The molecule has 0 aliphatic heterocycles. The zero-order valence-electron chi connectivity index (χ0n) is 9.90. The molecule has 0 aliphatic rings. The van der Waals surface area contributed by atoms with E-state index in [-0.39, 0.29) is 5.91 Å². The maximum absolute atomic E-state index is 11.7. The van der Waals surface area contributed by atoms with Crippen LogP contribution in [0.4, 0.5) is 5.69 Å². The Morgan fingerprint density at radius 3 is 2.39 bits per heavy atom. The predicted molar refractivity (Wildman–Crippen MR) is 78.9 cm³/mol. The summed E-state index contributed by atoms with van der Waals surface area (Å²) in [5.74, 6) is 0.0234. The van der Waals surface area contributed by atoms with Crippen molar-refractivity contribution in [2.45, 2.75) is 6.42 Å². The van der Waals surface area contributed by atoms with Crippen LogP contribution in [0.5, 0.6) is 0 Å². The highest BCUT2D eigenvalue weighted by Crippen LogP contribution is 2.27. The first-order valence-corrected chi connectivity index (χ1v) is 6.93. The van der Waals surface area contributed by atoms with Crippen molar-refractivity contribution in [3.63, 3.8) is 0 Å². The average molecular weight is 304 g/mol. The SMILES string of the molecule is O=C(CCBr)Nc1ccccc1-c1ccccc1. The molecule has 0 radical (unpaired) electrons. The van der Waals surface area contributed by atoms with Crippen LogP contribution in [-0.2, 0) is 4.79 Å². The first kappa shape index (κ1) is 12.8. The number of carbonyl (C=O) groups is 1. The maximum Gasteiger partial charge on any atom is 0.225 e. The van der Waals surface area contributed by atoms with Crippen molar-refractivity contribution in [3.05, 3.63) is 54.6 Å². The second-order valence-electron chi connectivity index (χ2n) is 3.90. The van der Waals surface area contributed by atoms with Crippen LogP contribution in [0.3, 0.4) is 0 Å². The van der Waals surface area contributed by atoms with Gasteiger partial charge in [0.2, 0.25) is 5.91 Å². The fraction of sp³-hybridized carbons (Fsp3) is 0.133. The second kappa shape index (κ2) is 6.36. The molecular formula is C15H14BrNO. The third-order valence-corrected chi connectivity index (χ3v) is 3.00. The van der Waals surface area contributed by atoms with Crippen LogP contribution < -0.4 is 5.32 Å². The number of nitrogens with one attached hydrogen (secondary N) is 1. The van der Waals surface area contributed by atoms with Gasteiger partial charge in [0, 0.05) is 23.0 Å². The smallest absolute Gasteiger partial charge is 0.225 e. The molecule has 0 spiro atoms. The standard InChI is InChI=1S/C15H14BrNO/c16-11-10-15(18)17-14-9-5-4-8-13(14)12-6-2-1-3-7-12/h1-9H,10-11H2,(H,17,18). The molecule has 0 bridgehead atoms. The molecule has 2 nitrogen and oxygen atoms in total. The topological polar surface area (TPSA) is 29.1 Å². The van der Waals surface area contributed by atoms with Gasteiger partial charge in [-0.25, -0.2) is 0 Å². The summed E-state index contributed by atoms with van der Waals surface area (Å²) >= 11 is 3.27. The normalized spacial score (nSPS) is 10.1. The Hall–Kier alpha value is -1.61. The van der Waals surface area contributed by atoms with E-state index in [0.717, 1.165) is 16.8 Å². The molecule has 0 saturated heterocycles. The van der Waals surface area contributed by atoms with Gasteiger partial charge in [0.05, 0.1) is 0 Å². The first-order chi connectivity index (χ1) is 8.81. The van der Waals surface area contributed by atoms with Crippen LogP contribution >= 0.6 is 15.9 Å². The highest BCUT2D eigenvalue weighted by atomic mass is 79.9. The molecule has 0 unspecified atom stereocenters. The van der Waals surface area contributed by atoms with Crippen molar-refractivity contribution in [3.8, 4) is 11.1 Å². The predicted octanol–water partition coefficient (Wildman–Crippen LogP) is 4.08. The number of anilines is 1. The van der Waals surface area contributed by atoms with Gasteiger partial charge in [-0.1, -0.05) is 64.5 Å². The zero-order chi connectivity index (χ0) is 12.8. The van der Waals surface area contributed by atoms with Crippen LogP contribution in [-0.4, -0.2) is 11.2 Å². The summed E-state index contributed by atoms with van der Waals surface area (Å²) in [5, 5.41) is 3.61. The van der Waals surface area contributed by atoms with E-state index >= 15 is 0 Å². The number of alkyl halides is 1. The molecule has 0 fully saturated rings. The lowest BCUT2D eigenvalue weighted by atomic mass is 10.0. The molecular weight excluding hydrogens is 290 g/mol. The number of rotatable bonds is 4. The van der Waals surface area contributed by atoms with Crippen LogP contribution in [0.25, 0.3) is 11.1 Å². The minimum Gasteiger partial charge on any atom is -0.325 e. The quantitative estimate of drug-likeness (QED) is 0.847. The molecule has 0 aliphatic carbocycles. The van der Waals surface area contributed by atoms with E-state index in [4.69, 9.17) is 0 Å². The zero-order valence-corrected chi connectivity index (χ0v) is 11.5. The van der Waals surface area contributed by atoms with Crippen molar-refractivity contribution >= 4 is 27.5 Å². The fourth-order valence-corrected chi connectivity index (χ4v) is 2.12. The summed E-state index contributed by atoms with van der Waals surface area (Å²) in [6.07, 6.45) is 0.475. The number of para-hydroxylation sites is 1. The number of carbonyl (C=O) groups excluding carboxylic acids is 1. The van der Waals surface area contributed by atoms with Gasteiger partial charge in [0.1, 0.15) is 0 Å². The Morgan fingerprint density at radius 2 is 1.67 bits per heavy atom. The molecule has 0 aromatic heterocycles. The van der Waals surface area contributed by atoms with Gasteiger partial charge in [-0.05, 0) is 11.6 Å². The third kappa shape index (κ3) is 3.20. The molecule has 0 saturated carbocycles. The van der Waals surface area contributed by atoms with Crippen LogP contribution in [0.15, 0.2) is 54.6 Å². The summed E-state index contributed by atoms with van der Waals surface area (Å²) in [6.45, 7) is 0. The van der Waals surface area contributed by atoms with E-state index in [0.29, 0.717) is 11.8 Å². The van der Waals surface area contributed by atoms with Gasteiger partial charge in [-0.15, -0.1) is 0 Å². The Kier molecular flexibility index (Phi) is 4.53. The van der Waals surface area contributed by atoms with Gasteiger partial charge in [-0.2, -0.15) is 0 Å². The van der Waals surface area contributed by atoms with Crippen LogP contribution in [0, 0.1) is 0 Å². The Bertz CT molecular complexity index is 525. The average Bonchev–Trinajstić information content (AvgIpc) is 2.40. The lowest BCUT2D eigenvalue weighted by molar-refractivity contribution is -0.115. The van der Waals surface area contributed by atoms with Crippen molar-refractivity contribution in [1.82, 2.24) is 0 Å². The lowest BCUT2D eigenvalue weighted by Gasteiger charge is -2.10. The van der Waals surface area contributed by atoms with Crippen molar-refractivity contribution in [2.24, 2.45) is 0 Å². The van der Waals surface area contributed by atoms with E-state index in [1.807, 2.05) is 54.6 Å². The molecule has 2 rings (SSSR count). The third-order valence-electron chi connectivity index (χ3n) is 2.61. The minimum atomic E-state index is 0.0234. The maximum atomic E-state index is 11.7. The van der Waals surface area contributed by atoms with E-state index in [1.54, 1.807) is 0 Å². The Morgan fingerprint density at radius 1 is 1.00 bits per heavy atom. The Balaban J connectivity index is 2.29. The van der Waals surface area contributed by atoms with Gasteiger partial charge >= 0.3 is 0 Å². The molecule has 0 heterocycles. The van der Waals surface area contributed by atoms with Crippen molar-refractivity contribution in [2.75, 3.05) is 10.6 Å². The van der Waals surface area contributed by atoms with Crippen molar-refractivity contribution in [1.29, 1.82) is 0 Å². The molecule has 92 valence electrons. The number of halogens is 1. The number of hydrogen-bond acceptors (Lipinski definition) is 1. The summed E-state index contributed by atoms with van der Waals surface area (Å²) < 4.78 is 0. The first-order valence-electron chi connectivity index (χ1n) is 5.81. The van der Waals surface area contributed by atoms with Gasteiger partial charge < -0.3 is 5.32 Å². The van der Waals surface area contributed by atoms with Gasteiger partial charge in [-0.3, -0.25) is 4.79 Å². The molecule has 1 amide bonds. The highest BCUT2D eigenvalue weighted by molar-refractivity contribution is 9.09. The van der Waals surface area contributed by atoms with Gasteiger partial charge in [0.15, 0.2) is 0 Å². The fourth-order valence-electron chi connectivity index (χ4n) is 1.76. The summed E-state index contributed by atoms with van der Waals surface area (Å²) in [5.41, 5.74) is 3.00. The Labute approximate surface area is 115 Å². The van der Waals surface area contributed by atoms with Crippen LogP contribution in [0.1, 0.15) is 6.42 Å². The highest BCUT2D eigenvalue weighted by Gasteiger charge is 2.07. The van der Waals surface area contributed by atoms with E-state index in [1.165, 1.54) is 0 Å². The summed E-state index contributed by atoms with van der Waals surface area (Å²) in [7, 11) is 0. The summed E-state index contributed by atoms with van der Waals surface area (Å²) in [4.78, 5) is 11.7. The monoisotopic (exact) mass is 303 g/mol. The molecule has 2 aromatic carbocycles. The van der Waals surface area contributed by atoms with E-state index < -0.39 is 0 Å². The lowest BCUT2D eigenvalue weighted by Crippen LogP contribution is -2.12. The molecule has 0 atom stereocenters. The van der Waals surface area contributed by atoms with Crippen LogP contribution in [0.2, 0.25) is 0 Å². The summed E-state index contributed by atoms with van der Waals surface area (Å²) in [6, 6.07) is 17.9. The molecule has 1 N–H and O–H groups in total. The molecule has 18 heavy (non-hydrogen) atoms. The molecule has 3 heteroatoms. The number of hydrogen-bond donors (Lipinski definition) is 1. The van der Waals surface area contributed by atoms with E-state index in [9.17, 15) is 4.79 Å². The molecule has 2 aromatic rings. The van der Waals surface area contributed by atoms with Gasteiger partial charge in [0.25, 0.3) is 0 Å². The second-order valence-corrected chi connectivity index (χ2v) is 4.69. The largest absolute Gasteiger partial charge is 0.325 e. The minimum absolute atomic E-state index is 0.0234. The number of benzene rings is 2. The van der Waals surface area contributed by atoms with E-state index in [2.05, 4.69) is 21.2 Å². The van der Waals surface area contributed by atoms with Crippen molar-refractivity contribution < 1.29 is 4.79 Å².